The van der Waals surface area contributed by atoms with Gasteiger partial charge in [-0.3, -0.25) is 4.79 Å². The smallest absolute Gasteiger partial charge is 0.307 e. The molecule has 0 heterocycles. The molecule has 0 aliphatic rings. The second kappa shape index (κ2) is 8.63. The number of carbonyl (C=O) groups is 1. The second-order valence-corrected chi connectivity index (χ2v) is 5.26. The van der Waals surface area contributed by atoms with Gasteiger partial charge in [-0.1, -0.05) is 17.7 Å². The summed E-state index contributed by atoms with van der Waals surface area (Å²) in [5, 5.41) is 4.88. The fourth-order valence-corrected chi connectivity index (χ4v) is 1.59. The van der Waals surface area contributed by atoms with E-state index in [9.17, 15) is 13.2 Å². The van der Waals surface area contributed by atoms with Gasteiger partial charge in [0.15, 0.2) is 0 Å². The highest BCUT2D eigenvalue weighted by molar-refractivity contribution is 7.89. The number of primary sulfonamides is 1. The molecule has 0 unspecified atom stereocenters. The Balaban J connectivity index is 0.000000362. The van der Waals surface area contributed by atoms with Gasteiger partial charge in [-0.05, 0) is 26.0 Å². The van der Waals surface area contributed by atoms with Crippen molar-refractivity contribution in [3.8, 4) is 0 Å². The standard InChI is InChI=1S/C7H9NO2S.C5H11NO2/c1-6-2-4-7(5-3-6)11(8,9)10;1-2-8-5(7)3-4-6/h2-5H,1H3,(H2,8,9,10);2-4,6H2,1H3. The van der Waals surface area contributed by atoms with Crippen molar-refractivity contribution in [2.45, 2.75) is 25.2 Å². The average Bonchev–Trinajstić information content (AvgIpc) is 2.30. The van der Waals surface area contributed by atoms with E-state index in [1.54, 1.807) is 19.1 Å². The van der Waals surface area contributed by atoms with Gasteiger partial charge in [0, 0.05) is 6.54 Å². The molecule has 0 fully saturated rings. The van der Waals surface area contributed by atoms with E-state index in [0.717, 1.165) is 5.56 Å². The van der Waals surface area contributed by atoms with E-state index in [1.165, 1.54) is 12.1 Å². The molecule has 0 aliphatic carbocycles. The Bertz CT molecular complexity index is 475. The first kappa shape index (κ1) is 17.6. The van der Waals surface area contributed by atoms with Gasteiger partial charge in [0.25, 0.3) is 0 Å². The summed E-state index contributed by atoms with van der Waals surface area (Å²) < 4.78 is 26.0. The number of aryl methyl sites for hydroxylation is 1. The molecular weight excluding hydrogens is 268 g/mol. The fraction of sp³-hybridized carbons (Fsp3) is 0.417. The summed E-state index contributed by atoms with van der Waals surface area (Å²) in [4.78, 5) is 10.5. The highest BCUT2D eigenvalue weighted by atomic mass is 32.2. The number of ether oxygens (including phenoxy) is 1. The molecule has 4 N–H and O–H groups in total. The van der Waals surface area contributed by atoms with E-state index in [0.29, 0.717) is 19.6 Å². The van der Waals surface area contributed by atoms with Crippen LogP contribution in [0.2, 0.25) is 0 Å². The summed E-state index contributed by atoms with van der Waals surface area (Å²) in [5.41, 5.74) is 6.07. The lowest BCUT2D eigenvalue weighted by atomic mass is 10.2. The average molecular weight is 288 g/mol. The van der Waals surface area contributed by atoms with E-state index >= 15 is 0 Å². The number of hydrogen-bond donors (Lipinski definition) is 2. The second-order valence-electron chi connectivity index (χ2n) is 3.70. The zero-order valence-corrected chi connectivity index (χ0v) is 11.9. The van der Waals surface area contributed by atoms with Crippen molar-refractivity contribution in [1.29, 1.82) is 0 Å². The lowest BCUT2D eigenvalue weighted by Crippen LogP contribution is -2.11. The van der Waals surface area contributed by atoms with E-state index < -0.39 is 10.0 Å². The minimum Gasteiger partial charge on any atom is -0.466 e. The maximum Gasteiger partial charge on any atom is 0.307 e. The van der Waals surface area contributed by atoms with Crippen molar-refractivity contribution in [3.05, 3.63) is 29.8 Å². The van der Waals surface area contributed by atoms with E-state index in [2.05, 4.69) is 4.74 Å². The van der Waals surface area contributed by atoms with Crippen molar-refractivity contribution in [1.82, 2.24) is 0 Å². The predicted octanol–water partition coefficient (Wildman–Crippen LogP) is 0.541. The van der Waals surface area contributed by atoms with E-state index in [1.807, 2.05) is 6.92 Å². The Morgan fingerprint density at radius 1 is 1.26 bits per heavy atom. The molecule has 0 radical (unpaired) electrons. The number of esters is 1. The van der Waals surface area contributed by atoms with Gasteiger partial charge in [0.1, 0.15) is 0 Å². The van der Waals surface area contributed by atoms with Gasteiger partial charge in [-0.2, -0.15) is 0 Å². The van der Waals surface area contributed by atoms with Crippen LogP contribution in [0.5, 0.6) is 0 Å². The summed E-state index contributed by atoms with van der Waals surface area (Å²) in [6.07, 6.45) is 0.327. The van der Waals surface area contributed by atoms with Crippen molar-refractivity contribution in [2.75, 3.05) is 13.2 Å². The normalized spacial score (nSPS) is 10.3. The Morgan fingerprint density at radius 3 is 2.16 bits per heavy atom. The van der Waals surface area contributed by atoms with Gasteiger partial charge in [0.2, 0.25) is 10.0 Å². The Morgan fingerprint density at radius 2 is 1.79 bits per heavy atom. The van der Waals surface area contributed by atoms with Crippen LogP contribution in [0.3, 0.4) is 0 Å². The quantitative estimate of drug-likeness (QED) is 0.785. The molecule has 0 aliphatic heterocycles. The summed E-state index contributed by atoms with van der Waals surface area (Å²) in [5.74, 6) is -0.213. The van der Waals surface area contributed by atoms with Crippen LogP contribution in [0.4, 0.5) is 0 Å². The number of carbonyl (C=O) groups excluding carboxylic acids is 1. The Labute approximate surface area is 113 Å². The topological polar surface area (TPSA) is 112 Å². The molecule has 0 amide bonds. The van der Waals surface area contributed by atoms with Crippen molar-refractivity contribution < 1.29 is 17.9 Å². The third-order valence-corrected chi connectivity index (χ3v) is 2.93. The first-order valence-corrected chi connectivity index (χ1v) is 7.31. The van der Waals surface area contributed by atoms with Crippen LogP contribution in [-0.4, -0.2) is 27.5 Å². The predicted molar refractivity (Wildman–Crippen MR) is 72.9 cm³/mol. The summed E-state index contributed by atoms with van der Waals surface area (Å²) in [6.45, 7) is 4.47. The Hall–Kier alpha value is -1.44. The number of benzene rings is 1. The maximum absolute atomic E-state index is 10.7. The zero-order chi connectivity index (χ0) is 14.9. The molecule has 0 bridgehead atoms. The van der Waals surface area contributed by atoms with E-state index in [4.69, 9.17) is 10.9 Å². The first-order valence-electron chi connectivity index (χ1n) is 5.76. The molecule has 0 saturated heterocycles. The SMILES string of the molecule is CCOC(=O)CCN.Cc1ccc(S(N)(=O)=O)cc1. The van der Waals surface area contributed by atoms with Crippen LogP contribution in [0, 0.1) is 6.92 Å². The fourth-order valence-electron chi connectivity index (χ4n) is 1.08. The third kappa shape index (κ3) is 8.30. The highest BCUT2D eigenvalue weighted by Crippen LogP contribution is 2.06. The number of nitrogens with two attached hydrogens (primary N) is 2. The first-order chi connectivity index (χ1) is 8.81. The summed E-state index contributed by atoms with van der Waals surface area (Å²) in [6, 6.07) is 6.40. The molecule has 0 spiro atoms. The molecule has 19 heavy (non-hydrogen) atoms. The lowest BCUT2D eigenvalue weighted by Gasteiger charge is -1.96. The van der Waals surface area contributed by atoms with Crippen molar-refractivity contribution >= 4 is 16.0 Å². The largest absolute Gasteiger partial charge is 0.466 e. The van der Waals surface area contributed by atoms with Crippen molar-refractivity contribution in [3.63, 3.8) is 0 Å². The molecule has 0 saturated carbocycles. The van der Waals surface area contributed by atoms with Crippen LogP contribution in [0.25, 0.3) is 0 Å². The van der Waals surface area contributed by atoms with Crippen LogP contribution in [-0.2, 0) is 19.6 Å². The highest BCUT2D eigenvalue weighted by Gasteiger charge is 2.04. The number of sulfonamides is 1. The monoisotopic (exact) mass is 288 g/mol. The molecule has 0 aromatic heterocycles. The van der Waals surface area contributed by atoms with Gasteiger partial charge < -0.3 is 10.5 Å². The third-order valence-electron chi connectivity index (χ3n) is 2.00. The molecular formula is C12H20N2O4S. The molecule has 1 aromatic rings. The zero-order valence-electron chi connectivity index (χ0n) is 11.1. The van der Waals surface area contributed by atoms with Crippen molar-refractivity contribution in [2.24, 2.45) is 10.9 Å². The Kier molecular flexibility index (Phi) is 7.97. The van der Waals surface area contributed by atoms with Gasteiger partial charge in [-0.15, -0.1) is 0 Å². The summed E-state index contributed by atoms with van der Waals surface area (Å²) in [7, 11) is -3.52. The van der Waals surface area contributed by atoms with Gasteiger partial charge in [0.05, 0.1) is 17.9 Å². The minimum atomic E-state index is -3.52. The van der Waals surface area contributed by atoms with Crippen LogP contribution < -0.4 is 10.9 Å². The molecule has 7 heteroatoms. The molecule has 0 atom stereocenters. The number of rotatable bonds is 4. The summed E-state index contributed by atoms with van der Waals surface area (Å²) >= 11 is 0. The molecule has 1 aromatic carbocycles. The van der Waals surface area contributed by atoms with E-state index in [-0.39, 0.29) is 10.9 Å². The van der Waals surface area contributed by atoms with Gasteiger partial charge >= 0.3 is 5.97 Å². The van der Waals surface area contributed by atoms with Gasteiger partial charge in [-0.25, -0.2) is 13.6 Å². The van der Waals surface area contributed by atoms with Crippen LogP contribution in [0.15, 0.2) is 29.2 Å². The number of hydrogen-bond acceptors (Lipinski definition) is 5. The molecule has 108 valence electrons. The maximum atomic E-state index is 10.7. The van der Waals surface area contributed by atoms with Crippen LogP contribution >= 0.6 is 0 Å². The molecule has 1 rings (SSSR count). The van der Waals surface area contributed by atoms with Crippen LogP contribution in [0.1, 0.15) is 18.9 Å². The minimum absolute atomic E-state index is 0.156. The lowest BCUT2D eigenvalue weighted by molar-refractivity contribution is -0.142. The molecule has 6 nitrogen and oxygen atoms in total.